The zero-order chi connectivity index (χ0) is 10.0. The van der Waals surface area contributed by atoms with Gasteiger partial charge in [0.1, 0.15) is 0 Å². The summed E-state index contributed by atoms with van der Waals surface area (Å²) in [5.41, 5.74) is 1.58. The van der Waals surface area contributed by atoms with Crippen molar-refractivity contribution in [1.29, 1.82) is 0 Å². The summed E-state index contributed by atoms with van der Waals surface area (Å²) >= 11 is 5.82. The van der Waals surface area contributed by atoms with E-state index in [0.717, 1.165) is 5.56 Å². The van der Waals surface area contributed by atoms with Crippen LogP contribution in [0.5, 0.6) is 0 Å². The lowest BCUT2D eigenvalue weighted by molar-refractivity contribution is 0.101. The third-order valence-corrected chi connectivity index (χ3v) is 2.24. The summed E-state index contributed by atoms with van der Waals surface area (Å²) in [6.07, 6.45) is 0.667. The van der Waals surface area contributed by atoms with Gasteiger partial charge in [-0.15, -0.1) is 0 Å². The fourth-order valence-corrected chi connectivity index (χ4v) is 1.27. The molecule has 0 radical (unpaired) electrons. The second-order valence-corrected chi connectivity index (χ2v) is 3.27. The molecule has 0 saturated carbocycles. The van der Waals surface area contributed by atoms with Crippen LogP contribution in [0.25, 0.3) is 0 Å². The summed E-state index contributed by atoms with van der Waals surface area (Å²) in [7, 11) is 0. The second kappa shape index (κ2) is 3.71. The molecule has 0 N–H and O–H groups in total. The Labute approximate surface area is 81.5 Å². The third-order valence-electron chi connectivity index (χ3n) is 1.84. The quantitative estimate of drug-likeness (QED) is 0.538. The molecule has 0 aliphatic rings. The van der Waals surface area contributed by atoms with Gasteiger partial charge in [-0.25, -0.2) is 0 Å². The number of hydrogen-bond acceptors (Lipinski definition) is 2. The average Bonchev–Trinajstić information content (AvgIpc) is 2.08. The second-order valence-electron chi connectivity index (χ2n) is 2.86. The lowest BCUT2D eigenvalue weighted by atomic mass is 10.0. The largest absolute Gasteiger partial charge is 0.298 e. The summed E-state index contributed by atoms with van der Waals surface area (Å²) in [4.78, 5) is 21.7. The fraction of sp³-hybridized carbons (Fsp3) is 0.200. The number of carbonyl (C=O) groups excluding carboxylic acids is 2. The molecule has 13 heavy (non-hydrogen) atoms. The number of halogens is 1. The van der Waals surface area contributed by atoms with E-state index in [2.05, 4.69) is 0 Å². The maximum Gasteiger partial charge on any atom is 0.160 e. The monoisotopic (exact) mass is 196 g/mol. The first kappa shape index (κ1) is 9.93. The van der Waals surface area contributed by atoms with E-state index in [1.54, 1.807) is 13.0 Å². The molecule has 0 heterocycles. The SMILES string of the molecule is CC(=O)c1cc(Cl)c(C)cc1C=O. The number of aryl methyl sites for hydroxylation is 1. The number of Topliss-reactive ketones (excluding diaryl/α,β-unsaturated/α-hetero) is 1. The maximum atomic E-state index is 11.1. The van der Waals surface area contributed by atoms with E-state index in [0.29, 0.717) is 22.4 Å². The van der Waals surface area contributed by atoms with Crippen molar-refractivity contribution in [2.45, 2.75) is 13.8 Å². The third kappa shape index (κ3) is 1.95. The van der Waals surface area contributed by atoms with Crippen LogP contribution < -0.4 is 0 Å². The van der Waals surface area contributed by atoms with Crippen molar-refractivity contribution in [3.05, 3.63) is 33.8 Å². The van der Waals surface area contributed by atoms with Gasteiger partial charge in [0, 0.05) is 16.1 Å². The highest BCUT2D eigenvalue weighted by Crippen LogP contribution is 2.20. The zero-order valence-electron chi connectivity index (χ0n) is 7.43. The van der Waals surface area contributed by atoms with Gasteiger partial charge in [-0.2, -0.15) is 0 Å². The molecule has 0 bridgehead atoms. The molecular formula is C10H9ClO2. The molecule has 1 rings (SSSR count). The highest BCUT2D eigenvalue weighted by atomic mass is 35.5. The van der Waals surface area contributed by atoms with Crippen LogP contribution in [0.2, 0.25) is 5.02 Å². The van der Waals surface area contributed by atoms with Crippen LogP contribution in [-0.2, 0) is 0 Å². The van der Waals surface area contributed by atoms with Crippen molar-refractivity contribution in [3.8, 4) is 0 Å². The summed E-state index contributed by atoms with van der Waals surface area (Å²) in [6, 6.07) is 3.15. The Bertz CT molecular complexity index is 369. The number of benzene rings is 1. The normalized spacial score (nSPS) is 9.77. The number of aldehydes is 1. The first-order valence-electron chi connectivity index (χ1n) is 3.82. The smallest absolute Gasteiger partial charge is 0.160 e. The molecule has 1 aromatic rings. The lowest BCUT2D eigenvalue weighted by Crippen LogP contribution is -1.99. The highest BCUT2D eigenvalue weighted by Gasteiger charge is 2.08. The molecule has 0 aliphatic carbocycles. The molecule has 3 heteroatoms. The highest BCUT2D eigenvalue weighted by molar-refractivity contribution is 6.32. The Morgan fingerprint density at radius 2 is 2.08 bits per heavy atom. The Hall–Kier alpha value is -1.15. The van der Waals surface area contributed by atoms with Crippen molar-refractivity contribution >= 4 is 23.7 Å². The van der Waals surface area contributed by atoms with Crippen molar-refractivity contribution in [2.75, 3.05) is 0 Å². The molecule has 2 nitrogen and oxygen atoms in total. The van der Waals surface area contributed by atoms with E-state index in [-0.39, 0.29) is 5.78 Å². The van der Waals surface area contributed by atoms with Crippen LogP contribution in [-0.4, -0.2) is 12.1 Å². The van der Waals surface area contributed by atoms with Crippen LogP contribution in [0.15, 0.2) is 12.1 Å². The van der Waals surface area contributed by atoms with E-state index in [9.17, 15) is 9.59 Å². The van der Waals surface area contributed by atoms with Gasteiger partial charge in [-0.3, -0.25) is 9.59 Å². The fourth-order valence-electron chi connectivity index (χ4n) is 1.11. The topological polar surface area (TPSA) is 34.1 Å². The number of rotatable bonds is 2. The van der Waals surface area contributed by atoms with Crippen molar-refractivity contribution in [1.82, 2.24) is 0 Å². The first-order chi connectivity index (χ1) is 6.06. The molecule has 0 spiro atoms. The zero-order valence-corrected chi connectivity index (χ0v) is 8.18. The predicted octanol–water partition coefficient (Wildman–Crippen LogP) is 2.66. The van der Waals surface area contributed by atoms with Gasteiger partial charge in [-0.05, 0) is 31.5 Å². The first-order valence-corrected chi connectivity index (χ1v) is 4.20. The number of carbonyl (C=O) groups is 2. The van der Waals surface area contributed by atoms with E-state index < -0.39 is 0 Å². The van der Waals surface area contributed by atoms with Crippen LogP contribution in [0, 0.1) is 6.92 Å². The van der Waals surface area contributed by atoms with Gasteiger partial charge in [0.05, 0.1) is 0 Å². The summed E-state index contributed by atoms with van der Waals surface area (Å²) < 4.78 is 0. The van der Waals surface area contributed by atoms with E-state index in [1.807, 2.05) is 0 Å². The minimum absolute atomic E-state index is 0.149. The van der Waals surface area contributed by atoms with Crippen LogP contribution in [0.4, 0.5) is 0 Å². The molecule has 0 saturated heterocycles. The van der Waals surface area contributed by atoms with Gasteiger partial charge >= 0.3 is 0 Å². The van der Waals surface area contributed by atoms with Crippen LogP contribution in [0.3, 0.4) is 0 Å². The van der Waals surface area contributed by atoms with Gasteiger partial charge in [-0.1, -0.05) is 11.6 Å². The standard InChI is InChI=1S/C10H9ClO2/c1-6-3-8(5-12)9(7(2)13)4-10(6)11/h3-5H,1-2H3. The van der Waals surface area contributed by atoms with Crippen LogP contribution >= 0.6 is 11.6 Å². The summed E-state index contributed by atoms with van der Waals surface area (Å²) in [5, 5.41) is 0.510. The van der Waals surface area contributed by atoms with Gasteiger partial charge in [0.25, 0.3) is 0 Å². The lowest BCUT2D eigenvalue weighted by Gasteiger charge is -2.03. The van der Waals surface area contributed by atoms with Gasteiger partial charge in [0.15, 0.2) is 12.1 Å². The molecule has 68 valence electrons. The van der Waals surface area contributed by atoms with Crippen molar-refractivity contribution < 1.29 is 9.59 Å². The van der Waals surface area contributed by atoms with Gasteiger partial charge < -0.3 is 0 Å². The number of ketones is 1. The average molecular weight is 197 g/mol. The molecule has 0 amide bonds. The van der Waals surface area contributed by atoms with E-state index >= 15 is 0 Å². The van der Waals surface area contributed by atoms with Crippen LogP contribution in [0.1, 0.15) is 33.2 Å². The van der Waals surface area contributed by atoms with E-state index in [1.165, 1.54) is 13.0 Å². The van der Waals surface area contributed by atoms with Crippen molar-refractivity contribution in [3.63, 3.8) is 0 Å². The summed E-state index contributed by atoms with van der Waals surface area (Å²) in [5.74, 6) is -0.149. The molecule has 0 aromatic heterocycles. The summed E-state index contributed by atoms with van der Waals surface area (Å²) in [6.45, 7) is 3.20. The molecule has 0 atom stereocenters. The Kier molecular flexibility index (Phi) is 2.83. The Balaban J connectivity index is 3.41. The minimum Gasteiger partial charge on any atom is -0.298 e. The van der Waals surface area contributed by atoms with Crippen molar-refractivity contribution in [2.24, 2.45) is 0 Å². The predicted molar refractivity (Wildman–Crippen MR) is 51.6 cm³/mol. The Morgan fingerprint density at radius 1 is 1.46 bits per heavy atom. The minimum atomic E-state index is -0.149. The number of hydrogen-bond donors (Lipinski definition) is 0. The molecule has 0 unspecified atom stereocenters. The molecular weight excluding hydrogens is 188 g/mol. The maximum absolute atomic E-state index is 11.1. The molecule has 0 fully saturated rings. The van der Waals surface area contributed by atoms with Gasteiger partial charge in [0.2, 0.25) is 0 Å². The molecule has 1 aromatic carbocycles. The van der Waals surface area contributed by atoms with E-state index in [4.69, 9.17) is 11.6 Å². The molecule has 0 aliphatic heterocycles. The Morgan fingerprint density at radius 3 is 2.54 bits per heavy atom.